The van der Waals surface area contributed by atoms with Crippen molar-refractivity contribution in [2.24, 2.45) is 0 Å². The highest BCUT2D eigenvalue weighted by molar-refractivity contribution is 6.68. The van der Waals surface area contributed by atoms with Crippen LogP contribution in [0.1, 0.15) is 34.1 Å². The van der Waals surface area contributed by atoms with E-state index in [1.807, 2.05) is 109 Å². The maximum atomic E-state index is 6.33. The van der Waals surface area contributed by atoms with Gasteiger partial charge in [-0.05, 0) is 46.5 Å². The maximum Gasteiger partial charge on any atom is 0.201 e. The van der Waals surface area contributed by atoms with Gasteiger partial charge in [0.05, 0.1) is 11.8 Å². The third kappa shape index (κ3) is 6.80. The van der Waals surface area contributed by atoms with Crippen molar-refractivity contribution < 1.29 is 4.74 Å². The van der Waals surface area contributed by atoms with Gasteiger partial charge in [-0.15, -0.1) is 0 Å². The van der Waals surface area contributed by atoms with Crippen molar-refractivity contribution in [3.63, 3.8) is 0 Å². The van der Waals surface area contributed by atoms with Crippen LogP contribution in [0.4, 0.5) is 0 Å². The molecule has 0 radical (unpaired) electrons. The van der Waals surface area contributed by atoms with Crippen molar-refractivity contribution in [1.82, 2.24) is 0 Å². The van der Waals surface area contributed by atoms with E-state index in [-0.39, 0.29) is 0 Å². The predicted octanol–water partition coefficient (Wildman–Crippen LogP) is 10.5. The first-order chi connectivity index (χ1) is 16.6. The van der Waals surface area contributed by atoms with Gasteiger partial charge in [0.2, 0.25) is 7.59 Å². The van der Waals surface area contributed by atoms with Gasteiger partial charge in [0, 0.05) is 0 Å². The summed E-state index contributed by atoms with van der Waals surface area (Å²) in [6.07, 6.45) is 0. The van der Waals surface area contributed by atoms with E-state index in [0.29, 0.717) is 11.5 Å². The second-order valence-electron chi connectivity index (χ2n) is 8.01. The summed E-state index contributed by atoms with van der Waals surface area (Å²) in [7, 11) is 0. The van der Waals surface area contributed by atoms with Crippen LogP contribution in [0.5, 0.6) is 11.5 Å². The monoisotopic (exact) mass is 582 g/mol. The molecule has 0 spiro atoms. The molecular formula is C28H20Cl6O. The van der Waals surface area contributed by atoms with Crippen LogP contribution < -0.4 is 4.74 Å². The fourth-order valence-electron chi connectivity index (χ4n) is 4.02. The Morgan fingerprint density at radius 1 is 0.400 bits per heavy atom. The Kier molecular flexibility index (Phi) is 8.49. The van der Waals surface area contributed by atoms with Gasteiger partial charge in [-0.1, -0.05) is 155 Å². The van der Waals surface area contributed by atoms with Crippen molar-refractivity contribution in [3.8, 4) is 11.5 Å². The molecule has 2 unspecified atom stereocenters. The Morgan fingerprint density at radius 3 is 0.971 bits per heavy atom. The van der Waals surface area contributed by atoms with Crippen LogP contribution >= 0.6 is 69.6 Å². The molecule has 7 heteroatoms. The van der Waals surface area contributed by atoms with Crippen LogP contribution in [0.15, 0.2) is 109 Å². The topological polar surface area (TPSA) is 9.23 Å². The van der Waals surface area contributed by atoms with Crippen molar-refractivity contribution in [2.45, 2.75) is 19.4 Å². The van der Waals surface area contributed by atoms with Crippen molar-refractivity contribution in [1.29, 1.82) is 0 Å². The Hall–Kier alpha value is -1.58. The minimum atomic E-state index is -1.50. The Bertz CT molecular complexity index is 1120. The van der Waals surface area contributed by atoms with E-state index < -0.39 is 19.4 Å². The second-order valence-corrected chi connectivity index (χ2v) is 12.7. The molecule has 1 nitrogen and oxygen atoms in total. The highest BCUT2D eigenvalue weighted by Crippen LogP contribution is 2.47. The molecule has 180 valence electrons. The minimum Gasteiger partial charge on any atom is -0.457 e. The standard InChI is InChI=1S/C28H20Cl6O/c29-27(30,31)25(19-7-3-1-4-8-19)21-11-15-23(16-12-21)35-24-17-13-22(14-18-24)26(28(32,33)34)20-9-5-2-6-10-20/h1-18,25-26H. The molecule has 35 heavy (non-hydrogen) atoms. The van der Waals surface area contributed by atoms with E-state index in [9.17, 15) is 0 Å². The fourth-order valence-corrected chi connectivity index (χ4v) is 5.54. The normalized spacial score (nSPS) is 13.8. The van der Waals surface area contributed by atoms with Crippen molar-refractivity contribution in [2.75, 3.05) is 0 Å². The summed E-state index contributed by atoms with van der Waals surface area (Å²) in [5.74, 6) is 0.468. The summed E-state index contributed by atoms with van der Waals surface area (Å²) in [6, 6.07) is 34.3. The lowest BCUT2D eigenvalue weighted by molar-refractivity contribution is 0.482. The molecule has 2 atom stereocenters. The van der Waals surface area contributed by atoms with Gasteiger partial charge in [0.1, 0.15) is 11.5 Å². The van der Waals surface area contributed by atoms with Crippen molar-refractivity contribution in [3.05, 3.63) is 131 Å². The molecule has 0 aliphatic rings. The number of halogens is 6. The number of ether oxygens (including phenoxy) is 1. The second kappa shape index (κ2) is 11.2. The van der Waals surface area contributed by atoms with Crippen LogP contribution in [0, 0.1) is 0 Å². The summed E-state index contributed by atoms with van der Waals surface area (Å²) in [5, 5.41) is 0. The molecular weight excluding hydrogens is 565 g/mol. The molecule has 0 aromatic heterocycles. The van der Waals surface area contributed by atoms with E-state index in [2.05, 4.69) is 0 Å². The van der Waals surface area contributed by atoms with Gasteiger partial charge in [0.15, 0.2) is 0 Å². The van der Waals surface area contributed by atoms with Gasteiger partial charge in [0.25, 0.3) is 0 Å². The van der Waals surface area contributed by atoms with Gasteiger partial charge in [-0.2, -0.15) is 0 Å². The molecule has 0 saturated carbocycles. The largest absolute Gasteiger partial charge is 0.457 e. The molecule has 0 heterocycles. The summed E-state index contributed by atoms with van der Waals surface area (Å²) in [5.41, 5.74) is 3.57. The predicted molar refractivity (Wildman–Crippen MR) is 150 cm³/mol. The van der Waals surface area contributed by atoms with Crippen LogP contribution in [-0.4, -0.2) is 7.59 Å². The smallest absolute Gasteiger partial charge is 0.201 e. The molecule has 4 rings (SSSR count). The lowest BCUT2D eigenvalue weighted by Crippen LogP contribution is -2.18. The summed E-state index contributed by atoms with van der Waals surface area (Å²) in [4.78, 5) is 0. The third-order valence-electron chi connectivity index (χ3n) is 5.58. The van der Waals surface area contributed by atoms with Crippen molar-refractivity contribution >= 4 is 69.6 Å². The Balaban J connectivity index is 1.53. The van der Waals surface area contributed by atoms with Crippen LogP contribution in [0.3, 0.4) is 0 Å². The zero-order valence-corrected chi connectivity index (χ0v) is 22.8. The molecule has 0 bridgehead atoms. The van der Waals surface area contributed by atoms with Gasteiger partial charge < -0.3 is 4.74 Å². The first-order valence-electron chi connectivity index (χ1n) is 10.7. The number of hydrogen-bond donors (Lipinski definition) is 0. The highest BCUT2D eigenvalue weighted by atomic mass is 35.6. The van der Waals surface area contributed by atoms with Gasteiger partial charge >= 0.3 is 0 Å². The molecule has 4 aromatic carbocycles. The number of benzene rings is 4. The van der Waals surface area contributed by atoms with Crippen LogP contribution in [0.25, 0.3) is 0 Å². The first kappa shape index (κ1) is 26.5. The number of hydrogen-bond acceptors (Lipinski definition) is 1. The number of rotatable bonds is 6. The van der Waals surface area contributed by atoms with E-state index in [1.165, 1.54) is 0 Å². The molecule has 0 saturated heterocycles. The molecule has 0 aliphatic carbocycles. The highest BCUT2D eigenvalue weighted by Gasteiger charge is 2.36. The average molecular weight is 585 g/mol. The van der Waals surface area contributed by atoms with Gasteiger partial charge in [-0.3, -0.25) is 0 Å². The summed E-state index contributed by atoms with van der Waals surface area (Å²) >= 11 is 38.0. The quantitative estimate of drug-likeness (QED) is 0.205. The minimum absolute atomic E-state index is 0.418. The third-order valence-corrected chi connectivity index (χ3v) is 6.89. The van der Waals surface area contributed by atoms with E-state index in [4.69, 9.17) is 74.3 Å². The zero-order valence-electron chi connectivity index (χ0n) is 18.2. The maximum absolute atomic E-state index is 6.33. The molecule has 0 N–H and O–H groups in total. The van der Waals surface area contributed by atoms with Crippen LogP contribution in [-0.2, 0) is 0 Å². The molecule has 0 fully saturated rings. The fraction of sp³-hybridized carbons (Fsp3) is 0.143. The van der Waals surface area contributed by atoms with Gasteiger partial charge in [-0.25, -0.2) is 0 Å². The first-order valence-corrected chi connectivity index (χ1v) is 13.0. The Morgan fingerprint density at radius 2 is 0.686 bits per heavy atom. The van der Waals surface area contributed by atoms with E-state index in [0.717, 1.165) is 22.3 Å². The zero-order chi connectivity index (χ0) is 25.1. The summed E-state index contributed by atoms with van der Waals surface area (Å²) < 4.78 is 3.03. The van der Waals surface area contributed by atoms with E-state index in [1.54, 1.807) is 0 Å². The lowest BCUT2D eigenvalue weighted by Gasteiger charge is -2.26. The number of alkyl halides is 6. The molecule has 0 amide bonds. The van der Waals surface area contributed by atoms with Crippen LogP contribution in [0.2, 0.25) is 0 Å². The summed E-state index contributed by atoms with van der Waals surface area (Å²) in [6.45, 7) is 0. The molecule has 4 aromatic rings. The lowest BCUT2D eigenvalue weighted by atomic mass is 9.92. The molecule has 0 aliphatic heterocycles. The Labute approximate surface area is 235 Å². The van der Waals surface area contributed by atoms with E-state index >= 15 is 0 Å². The average Bonchev–Trinajstić information content (AvgIpc) is 2.81. The SMILES string of the molecule is ClC(Cl)(Cl)C(c1ccccc1)c1ccc(Oc2ccc(C(c3ccccc3)C(Cl)(Cl)Cl)cc2)cc1.